The molecule has 142 valence electrons. The summed E-state index contributed by atoms with van der Waals surface area (Å²) in [7, 11) is 0. The molecule has 0 aromatic rings. The van der Waals surface area contributed by atoms with Crippen LogP contribution in [-0.2, 0) is 14.3 Å². The van der Waals surface area contributed by atoms with E-state index in [9.17, 15) is 14.4 Å². The van der Waals surface area contributed by atoms with Crippen LogP contribution < -0.4 is 0 Å². The van der Waals surface area contributed by atoms with E-state index in [1.807, 2.05) is 40.7 Å². The molecule has 1 fully saturated rings. The normalized spacial score (nSPS) is 20.9. The molecule has 1 rings (SSSR count). The molecular formula is C20H33NO4. The standard InChI is InChI=1S/C20H33NO4/c1-6-17(22)11-9-8-10-15-12-13-16(14-18(23)7-2)21(15)19(24)25-20(3,4)5/h9,11,15-16H,6-8,10,12-14H2,1-5H3/b11-9+. The predicted octanol–water partition coefficient (Wildman–Crippen LogP) is 4.44. The number of Topliss-reactive ketones (excluding diaryl/α,β-unsaturated/α-hetero) is 1. The highest BCUT2D eigenvalue weighted by atomic mass is 16.6. The van der Waals surface area contributed by atoms with Crippen LogP contribution in [0.4, 0.5) is 4.79 Å². The van der Waals surface area contributed by atoms with E-state index in [0.717, 1.165) is 25.7 Å². The van der Waals surface area contributed by atoms with E-state index < -0.39 is 5.60 Å². The maximum Gasteiger partial charge on any atom is 0.410 e. The molecule has 0 aromatic heterocycles. The van der Waals surface area contributed by atoms with E-state index in [-0.39, 0.29) is 29.7 Å². The molecule has 5 heteroatoms. The highest BCUT2D eigenvalue weighted by molar-refractivity contribution is 5.89. The molecule has 2 atom stereocenters. The lowest BCUT2D eigenvalue weighted by atomic mass is 10.1. The van der Waals surface area contributed by atoms with E-state index in [2.05, 4.69) is 0 Å². The minimum Gasteiger partial charge on any atom is -0.444 e. The van der Waals surface area contributed by atoms with E-state index in [4.69, 9.17) is 4.74 Å². The summed E-state index contributed by atoms with van der Waals surface area (Å²) >= 11 is 0. The van der Waals surface area contributed by atoms with Crippen molar-refractivity contribution < 1.29 is 19.1 Å². The van der Waals surface area contributed by atoms with E-state index in [0.29, 0.717) is 19.3 Å². The number of carbonyl (C=O) groups excluding carboxylic acids is 3. The molecule has 0 saturated carbocycles. The van der Waals surface area contributed by atoms with Gasteiger partial charge in [-0.3, -0.25) is 9.59 Å². The molecule has 1 aliphatic rings. The van der Waals surface area contributed by atoms with E-state index >= 15 is 0 Å². The van der Waals surface area contributed by atoms with Crippen molar-refractivity contribution in [3.8, 4) is 0 Å². The molecule has 0 aliphatic carbocycles. The number of ether oxygens (including phenoxy) is 1. The number of carbonyl (C=O) groups is 3. The molecule has 1 heterocycles. The van der Waals surface area contributed by atoms with Gasteiger partial charge in [-0.1, -0.05) is 19.9 Å². The number of hydrogen-bond acceptors (Lipinski definition) is 4. The smallest absolute Gasteiger partial charge is 0.410 e. The van der Waals surface area contributed by atoms with Crippen LogP contribution >= 0.6 is 0 Å². The number of allylic oxidation sites excluding steroid dienone is 2. The van der Waals surface area contributed by atoms with Crippen molar-refractivity contribution in [2.45, 2.75) is 97.2 Å². The van der Waals surface area contributed by atoms with Crippen LogP contribution in [0.1, 0.15) is 79.6 Å². The fourth-order valence-corrected chi connectivity index (χ4v) is 3.09. The third-order valence-corrected chi connectivity index (χ3v) is 4.40. The molecule has 0 N–H and O–H groups in total. The third-order valence-electron chi connectivity index (χ3n) is 4.40. The first kappa shape index (κ1) is 21.4. The molecule has 0 radical (unpaired) electrons. The fraction of sp³-hybridized carbons (Fsp3) is 0.750. The third kappa shape index (κ3) is 7.41. The first-order chi connectivity index (χ1) is 11.7. The quantitative estimate of drug-likeness (QED) is 0.607. The van der Waals surface area contributed by atoms with Crippen molar-refractivity contribution in [3.05, 3.63) is 12.2 Å². The fourth-order valence-electron chi connectivity index (χ4n) is 3.09. The van der Waals surface area contributed by atoms with Crippen LogP contribution in [0.3, 0.4) is 0 Å². The van der Waals surface area contributed by atoms with Crippen molar-refractivity contribution in [1.82, 2.24) is 4.90 Å². The van der Waals surface area contributed by atoms with Gasteiger partial charge in [0.15, 0.2) is 5.78 Å². The highest BCUT2D eigenvalue weighted by Crippen LogP contribution is 2.31. The second-order valence-corrected chi connectivity index (χ2v) is 7.67. The first-order valence-electron chi connectivity index (χ1n) is 9.40. The van der Waals surface area contributed by atoms with Gasteiger partial charge >= 0.3 is 6.09 Å². The van der Waals surface area contributed by atoms with Gasteiger partial charge in [0, 0.05) is 31.3 Å². The van der Waals surface area contributed by atoms with Gasteiger partial charge in [-0.25, -0.2) is 4.79 Å². The van der Waals surface area contributed by atoms with E-state index in [1.165, 1.54) is 0 Å². The molecular weight excluding hydrogens is 318 g/mol. The molecule has 5 nitrogen and oxygen atoms in total. The van der Waals surface area contributed by atoms with Crippen molar-refractivity contribution in [3.63, 3.8) is 0 Å². The van der Waals surface area contributed by atoms with Gasteiger partial charge in [-0.15, -0.1) is 0 Å². The Bertz CT molecular complexity index is 504. The second-order valence-electron chi connectivity index (χ2n) is 7.67. The molecule has 1 saturated heterocycles. The Labute approximate surface area is 151 Å². The summed E-state index contributed by atoms with van der Waals surface area (Å²) in [6.07, 6.45) is 7.77. The molecule has 1 aliphatic heterocycles. The topological polar surface area (TPSA) is 63.7 Å². The van der Waals surface area contributed by atoms with Crippen LogP contribution in [-0.4, -0.2) is 40.2 Å². The molecule has 2 unspecified atom stereocenters. The number of hydrogen-bond donors (Lipinski definition) is 0. The minimum absolute atomic E-state index is 0.0610. The highest BCUT2D eigenvalue weighted by Gasteiger charge is 2.39. The Balaban J connectivity index is 2.76. The largest absolute Gasteiger partial charge is 0.444 e. The van der Waals surface area contributed by atoms with Gasteiger partial charge in [-0.05, 0) is 52.5 Å². The second kappa shape index (κ2) is 9.73. The summed E-state index contributed by atoms with van der Waals surface area (Å²) in [6.45, 7) is 9.23. The van der Waals surface area contributed by atoms with Gasteiger partial charge < -0.3 is 9.64 Å². The van der Waals surface area contributed by atoms with Crippen LogP contribution in [0, 0.1) is 0 Å². The van der Waals surface area contributed by atoms with Crippen molar-refractivity contribution in [2.24, 2.45) is 0 Å². The summed E-state index contributed by atoms with van der Waals surface area (Å²) in [5.74, 6) is 0.287. The zero-order valence-electron chi connectivity index (χ0n) is 16.3. The Kier molecular flexibility index (Phi) is 8.33. The number of likely N-dealkylation sites (tertiary alicyclic amines) is 1. The SMILES string of the molecule is CCC(=O)/C=C/CCC1CCC(CC(=O)CC)N1C(=O)OC(C)(C)C. The molecule has 0 bridgehead atoms. The van der Waals surface area contributed by atoms with E-state index in [1.54, 1.807) is 11.0 Å². The molecule has 0 spiro atoms. The summed E-state index contributed by atoms with van der Waals surface area (Å²) in [5, 5.41) is 0. The first-order valence-corrected chi connectivity index (χ1v) is 9.40. The summed E-state index contributed by atoms with van der Waals surface area (Å²) < 4.78 is 5.56. The Morgan fingerprint density at radius 2 is 1.72 bits per heavy atom. The summed E-state index contributed by atoms with van der Waals surface area (Å²) in [4.78, 5) is 37.6. The summed E-state index contributed by atoms with van der Waals surface area (Å²) in [6, 6.07) is -0.0144. The Morgan fingerprint density at radius 3 is 2.28 bits per heavy atom. The number of rotatable bonds is 8. The minimum atomic E-state index is -0.559. The molecule has 0 aromatic carbocycles. The predicted molar refractivity (Wildman–Crippen MR) is 98.5 cm³/mol. The van der Waals surface area contributed by atoms with Gasteiger partial charge in [0.2, 0.25) is 0 Å². The Hall–Kier alpha value is -1.65. The average Bonchev–Trinajstić information content (AvgIpc) is 2.92. The Morgan fingerprint density at radius 1 is 1.08 bits per heavy atom. The number of amides is 1. The van der Waals surface area contributed by atoms with Crippen molar-refractivity contribution in [2.75, 3.05) is 0 Å². The lowest BCUT2D eigenvalue weighted by Gasteiger charge is -2.32. The molecule has 1 amide bonds. The zero-order valence-corrected chi connectivity index (χ0v) is 16.3. The average molecular weight is 351 g/mol. The van der Waals surface area contributed by atoms with Crippen molar-refractivity contribution >= 4 is 17.7 Å². The van der Waals surface area contributed by atoms with Crippen LogP contribution in [0.2, 0.25) is 0 Å². The molecule has 25 heavy (non-hydrogen) atoms. The van der Waals surface area contributed by atoms with Crippen LogP contribution in [0.5, 0.6) is 0 Å². The van der Waals surface area contributed by atoms with Crippen molar-refractivity contribution in [1.29, 1.82) is 0 Å². The summed E-state index contributed by atoms with van der Waals surface area (Å²) in [5.41, 5.74) is -0.559. The lowest BCUT2D eigenvalue weighted by Crippen LogP contribution is -2.44. The van der Waals surface area contributed by atoms with Gasteiger partial charge in [-0.2, -0.15) is 0 Å². The maximum absolute atomic E-state index is 12.7. The maximum atomic E-state index is 12.7. The lowest BCUT2D eigenvalue weighted by molar-refractivity contribution is -0.119. The number of nitrogens with zero attached hydrogens (tertiary/aromatic N) is 1. The van der Waals surface area contributed by atoms with Gasteiger partial charge in [0.25, 0.3) is 0 Å². The van der Waals surface area contributed by atoms with Gasteiger partial charge in [0.1, 0.15) is 11.4 Å². The number of ketones is 2. The van der Waals surface area contributed by atoms with Crippen LogP contribution in [0.25, 0.3) is 0 Å². The zero-order chi connectivity index (χ0) is 19.0. The van der Waals surface area contributed by atoms with Gasteiger partial charge in [0.05, 0.1) is 0 Å². The monoisotopic (exact) mass is 351 g/mol. The van der Waals surface area contributed by atoms with Crippen LogP contribution in [0.15, 0.2) is 12.2 Å².